The lowest BCUT2D eigenvalue weighted by molar-refractivity contribution is -0.147. The second-order valence-electron chi connectivity index (χ2n) is 5.80. The summed E-state index contributed by atoms with van der Waals surface area (Å²) < 4.78 is 0.651. The normalized spacial score (nSPS) is 14.8. The van der Waals surface area contributed by atoms with Crippen molar-refractivity contribution in [1.29, 1.82) is 0 Å². The molecule has 2 rings (SSSR count). The zero-order chi connectivity index (χ0) is 18.2. The van der Waals surface area contributed by atoms with Crippen molar-refractivity contribution in [3.05, 3.63) is 33.8 Å². The van der Waals surface area contributed by atoms with Gasteiger partial charge in [-0.1, -0.05) is 15.9 Å². The molecule has 1 aromatic carbocycles. The van der Waals surface area contributed by atoms with Gasteiger partial charge < -0.3 is 10.0 Å². The molecule has 0 saturated heterocycles. The number of imide groups is 1. The van der Waals surface area contributed by atoms with E-state index in [4.69, 9.17) is 5.11 Å². The summed E-state index contributed by atoms with van der Waals surface area (Å²) in [5, 5.41) is 8.96. The monoisotopic (exact) mass is 396 g/mol. The number of carboxylic acids is 1. The van der Waals surface area contributed by atoms with E-state index in [1.807, 2.05) is 0 Å². The molecule has 7 nitrogen and oxygen atoms in total. The van der Waals surface area contributed by atoms with E-state index in [2.05, 4.69) is 15.9 Å². The third kappa shape index (κ3) is 3.19. The Morgan fingerprint density at radius 3 is 2.29 bits per heavy atom. The summed E-state index contributed by atoms with van der Waals surface area (Å²) in [7, 11) is 0. The second kappa shape index (κ2) is 6.72. The van der Waals surface area contributed by atoms with Crippen LogP contribution >= 0.6 is 15.9 Å². The summed E-state index contributed by atoms with van der Waals surface area (Å²) in [5.74, 6) is -2.85. The highest BCUT2D eigenvalue weighted by atomic mass is 79.9. The van der Waals surface area contributed by atoms with E-state index in [1.54, 1.807) is 19.9 Å². The van der Waals surface area contributed by atoms with Gasteiger partial charge in [0.25, 0.3) is 11.8 Å². The highest BCUT2D eigenvalue weighted by Crippen LogP contribution is 2.28. The third-order valence-electron chi connectivity index (χ3n) is 3.84. The highest BCUT2D eigenvalue weighted by Gasteiger charge is 2.42. The lowest BCUT2D eigenvalue weighted by Crippen LogP contribution is -2.52. The van der Waals surface area contributed by atoms with Crippen LogP contribution < -0.4 is 0 Å². The van der Waals surface area contributed by atoms with Crippen LogP contribution in [0.15, 0.2) is 22.7 Å². The molecule has 1 aliphatic rings. The van der Waals surface area contributed by atoms with Crippen molar-refractivity contribution in [2.75, 3.05) is 6.54 Å². The standard InChI is InChI=1S/C16H17BrN2O5/c1-8(2)18(7-13(20)21)14(22)9(3)19-15(23)11-5-4-10(17)6-12(11)16(19)24/h4-6,8-9H,7H2,1-3H3,(H,20,21). The molecular weight excluding hydrogens is 380 g/mol. The first kappa shape index (κ1) is 18.1. The number of nitrogens with zero attached hydrogens (tertiary/aromatic N) is 2. The maximum absolute atomic E-state index is 12.6. The van der Waals surface area contributed by atoms with Crippen LogP contribution in [0.5, 0.6) is 0 Å². The molecule has 0 aliphatic carbocycles. The number of carbonyl (C=O) groups is 4. The molecule has 0 bridgehead atoms. The van der Waals surface area contributed by atoms with Crippen molar-refractivity contribution in [3.8, 4) is 0 Å². The van der Waals surface area contributed by atoms with Crippen molar-refractivity contribution in [3.63, 3.8) is 0 Å². The van der Waals surface area contributed by atoms with Gasteiger partial charge >= 0.3 is 5.97 Å². The Morgan fingerprint density at radius 2 is 1.75 bits per heavy atom. The van der Waals surface area contributed by atoms with Gasteiger partial charge in [0, 0.05) is 10.5 Å². The van der Waals surface area contributed by atoms with E-state index in [-0.39, 0.29) is 17.2 Å². The highest BCUT2D eigenvalue weighted by molar-refractivity contribution is 9.10. The number of rotatable bonds is 5. The fourth-order valence-corrected chi connectivity index (χ4v) is 2.96. The summed E-state index contributed by atoms with van der Waals surface area (Å²) >= 11 is 3.25. The van der Waals surface area contributed by atoms with Crippen LogP contribution in [0, 0.1) is 0 Å². The Morgan fingerprint density at radius 1 is 1.17 bits per heavy atom. The van der Waals surface area contributed by atoms with Crippen molar-refractivity contribution in [2.45, 2.75) is 32.9 Å². The van der Waals surface area contributed by atoms with Crippen molar-refractivity contribution in [2.24, 2.45) is 0 Å². The molecule has 1 heterocycles. The number of amides is 3. The molecule has 0 spiro atoms. The summed E-state index contributed by atoms with van der Waals surface area (Å²) in [4.78, 5) is 50.6. The Bertz CT molecular complexity index is 731. The first-order valence-corrected chi connectivity index (χ1v) is 8.14. The van der Waals surface area contributed by atoms with E-state index in [9.17, 15) is 19.2 Å². The molecule has 1 unspecified atom stereocenters. The average Bonchev–Trinajstić information content (AvgIpc) is 2.74. The number of halogens is 1. The molecule has 24 heavy (non-hydrogen) atoms. The number of hydrogen-bond acceptors (Lipinski definition) is 4. The Hall–Kier alpha value is -2.22. The Balaban J connectivity index is 2.31. The van der Waals surface area contributed by atoms with Crippen LogP contribution in [-0.2, 0) is 9.59 Å². The van der Waals surface area contributed by atoms with Gasteiger partial charge in [-0.05, 0) is 39.0 Å². The summed E-state index contributed by atoms with van der Waals surface area (Å²) in [5.41, 5.74) is 0.459. The molecule has 128 valence electrons. The van der Waals surface area contributed by atoms with E-state index in [0.29, 0.717) is 4.47 Å². The van der Waals surface area contributed by atoms with Gasteiger partial charge in [0.05, 0.1) is 11.1 Å². The minimum absolute atomic E-state index is 0.225. The minimum Gasteiger partial charge on any atom is -0.480 e. The first-order chi connectivity index (χ1) is 11.1. The van der Waals surface area contributed by atoms with Gasteiger partial charge in [-0.25, -0.2) is 0 Å². The first-order valence-electron chi connectivity index (χ1n) is 7.34. The SMILES string of the molecule is CC(C)N(CC(=O)O)C(=O)C(C)N1C(=O)c2ccc(Br)cc2C1=O. The molecule has 0 fully saturated rings. The molecule has 8 heteroatoms. The smallest absolute Gasteiger partial charge is 0.323 e. The molecule has 3 amide bonds. The minimum atomic E-state index is -1.16. The van der Waals surface area contributed by atoms with Crippen LogP contribution in [0.2, 0.25) is 0 Å². The number of carbonyl (C=O) groups excluding carboxylic acids is 3. The van der Waals surface area contributed by atoms with Crippen LogP contribution in [0.3, 0.4) is 0 Å². The number of carboxylic acid groups (broad SMARTS) is 1. The van der Waals surface area contributed by atoms with E-state index in [1.165, 1.54) is 19.1 Å². The zero-order valence-electron chi connectivity index (χ0n) is 13.4. The lowest BCUT2D eigenvalue weighted by Gasteiger charge is -2.31. The topological polar surface area (TPSA) is 95.0 Å². The van der Waals surface area contributed by atoms with Gasteiger partial charge in [-0.3, -0.25) is 24.1 Å². The van der Waals surface area contributed by atoms with E-state index >= 15 is 0 Å². The van der Waals surface area contributed by atoms with Gasteiger partial charge in [0.15, 0.2) is 0 Å². The Kier molecular flexibility index (Phi) is 5.08. The van der Waals surface area contributed by atoms with Crippen LogP contribution in [-0.4, -0.2) is 57.2 Å². The summed E-state index contributed by atoms with van der Waals surface area (Å²) in [6.45, 7) is 4.28. The van der Waals surface area contributed by atoms with Crippen LogP contribution in [0.4, 0.5) is 0 Å². The quantitative estimate of drug-likeness (QED) is 0.764. The number of hydrogen-bond donors (Lipinski definition) is 1. The summed E-state index contributed by atoms with van der Waals surface area (Å²) in [6.07, 6.45) is 0. The molecule has 0 radical (unpaired) electrons. The maximum Gasteiger partial charge on any atom is 0.323 e. The molecule has 1 atom stereocenters. The van der Waals surface area contributed by atoms with E-state index in [0.717, 1.165) is 9.80 Å². The molecular formula is C16H17BrN2O5. The molecule has 1 aromatic rings. The van der Waals surface area contributed by atoms with Crippen molar-refractivity contribution >= 4 is 39.6 Å². The van der Waals surface area contributed by atoms with Crippen LogP contribution in [0.1, 0.15) is 41.5 Å². The van der Waals surface area contributed by atoms with Gasteiger partial charge in [0.1, 0.15) is 12.6 Å². The lowest BCUT2D eigenvalue weighted by atomic mass is 10.1. The van der Waals surface area contributed by atoms with Gasteiger partial charge in [-0.15, -0.1) is 0 Å². The van der Waals surface area contributed by atoms with E-state index < -0.39 is 36.3 Å². The zero-order valence-corrected chi connectivity index (χ0v) is 15.0. The van der Waals surface area contributed by atoms with Crippen molar-refractivity contribution < 1.29 is 24.3 Å². The van der Waals surface area contributed by atoms with Crippen LogP contribution in [0.25, 0.3) is 0 Å². The van der Waals surface area contributed by atoms with Gasteiger partial charge in [-0.2, -0.15) is 0 Å². The Labute approximate surface area is 147 Å². The maximum atomic E-state index is 12.6. The fraction of sp³-hybridized carbons (Fsp3) is 0.375. The molecule has 0 aromatic heterocycles. The number of aliphatic carboxylic acids is 1. The van der Waals surface area contributed by atoms with Crippen molar-refractivity contribution in [1.82, 2.24) is 9.80 Å². The van der Waals surface area contributed by atoms with Gasteiger partial charge in [0.2, 0.25) is 5.91 Å². The molecule has 1 aliphatic heterocycles. The number of benzene rings is 1. The third-order valence-corrected chi connectivity index (χ3v) is 4.33. The molecule has 1 N–H and O–H groups in total. The average molecular weight is 397 g/mol. The number of fused-ring (bicyclic) bond motifs is 1. The largest absolute Gasteiger partial charge is 0.480 e. The fourth-order valence-electron chi connectivity index (χ4n) is 2.59. The molecule has 0 saturated carbocycles. The second-order valence-corrected chi connectivity index (χ2v) is 6.72. The predicted octanol–water partition coefficient (Wildman–Crippen LogP) is 1.76. The summed E-state index contributed by atoms with van der Waals surface area (Å²) in [6, 6.07) is 3.24. The predicted molar refractivity (Wildman–Crippen MR) is 88.6 cm³/mol.